The van der Waals surface area contributed by atoms with E-state index in [1.165, 1.54) is 12.8 Å². The van der Waals surface area contributed by atoms with E-state index in [0.29, 0.717) is 36.8 Å². The summed E-state index contributed by atoms with van der Waals surface area (Å²) in [7, 11) is 0. The van der Waals surface area contributed by atoms with E-state index >= 15 is 0 Å². The van der Waals surface area contributed by atoms with Gasteiger partial charge in [0.1, 0.15) is 5.82 Å². The molecule has 182 valence electrons. The summed E-state index contributed by atoms with van der Waals surface area (Å²) in [6.45, 7) is 6.31. The van der Waals surface area contributed by atoms with Gasteiger partial charge in [0.2, 0.25) is 0 Å². The van der Waals surface area contributed by atoms with Crippen molar-refractivity contribution in [3.05, 3.63) is 66.2 Å². The van der Waals surface area contributed by atoms with Crippen molar-refractivity contribution in [2.75, 3.05) is 18.0 Å². The lowest BCUT2D eigenvalue weighted by atomic mass is 9.93. The molecule has 0 radical (unpaired) electrons. The van der Waals surface area contributed by atoms with Gasteiger partial charge in [-0.3, -0.25) is 9.69 Å². The van der Waals surface area contributed by atoms with Crippen molar-refractivity contribution in [3.63, 3.8) is 0 Å². The van der Waals surface area contributed by atoms with Crippen molar-refractivity contribution in [1.82, 2.24) is 19.8 Å². The van der Waals surface area contributed by atoms with Crippen LogP contribution in [0.25, 0.3) is 0 Å². The summed E-state index contributed by atoms with van der Waals surface area (Å²) < 4.78 is 6.36. The normalized spacial score (nSPS) is 22.9. The molecule has 1 amide bonds. The number of benzene rings is 2. The average molecular weight is 472 g/mol. The number of hydrogen-bond acceptors (Lipinski definition) is 5. The zero-order chi connectivity index (χ0) is 23.9. The first kappa shape index (κ1) is 22.2. The van der Waals surface area contributed by atoms with Gasteiger partial charge in [-0.15, -0.1) is 0 Å². The van der Waals surface area contributed by atoms with E-state index in [1.807, 2.05) is 55.4 Å². The number of amides is 1. The van der Waals surface area contributed by atoms with Gasteiger partial charge in [0.05, 0.1) is 17.9 Å². The largest absolute Gasteiger partial charge is 0.453 e. The Morgan fingerprint density at radius 3 is 2.49 bits per heavy atom. The summed E-state index contributed by atoms with van der Waals surface area (Å²) in [5, 5.41) is 0. The molecular formula is C28H33N5O2. The second kappa shape index (κ2) is 9.04. The molecule has 2 bridgehead atoms. The van der Waals surface area contributed by atoms with Crippen LogP contribution in [0.1, 0.15) is 55.7 Å². The number of nitrogens with one attached hydrogen (secondary N) is 1. The maximum Gasteiger partial charge on any atom is 0.253 e. The van der Waals surface area contributed by atoms with Crippen molar-refractivity contribution in [2.24, 2.45) is 0 Å². The molecular weight excluding hydrogens is 438 g/mol. The number of hydrogen-bond donors (Lipinski definition) is 1. The van der Waals surface area contributed by atoms with E-state index < -0.39 is 0 Å². The molecule has 3 aliphatic heterocycles. The highest BCUT2D eigenvalue weighted by molar-refractivity contribution is 5.96. The average Bonchev–Trinajstić information content (AvgIpc) is 3.47. The highest BCUT2D eigenvalue weighted by Crippen LogP contribution is 2.51. The number of fused-ring (bicyclic) bond motifs is 4. The van der Waals surface area contributed by atoms with Gasteiger partial charge in [-0.1, -0.05) is 12.1 Å². The molecule has 3 aliphatic rings. The molecule has 1 N–H and O–H groups in total. The van der Waals surface area contributed by atoms with Gasteiger partial charge < -0.3 is 19.5 Å². The lowest BCUT2D eigenvalue weighted by Gasteiger charge is -2.45. The van der Waals surface area contributed by atoms with Gasteiger partial charge in [-0.25, -0.2) is 4.98 Å². The number of carbonyl (C=O) groups excluding carboxylic acids is 1. The number of carbonyl (C=O) groups is 1. The molecule has 0 unspecified atom stereocenters. The monoisotopic (exact) mass is 471 g/mol. The Morgan fingerprint density at radius 1 is 1.03 bits per heavy atom. The van der Waals surface area contributed by atoms with Crippen LogP contribution in [0.3, 0.4) is 0 Å². The van der Waals surface area contributed by atoms with Crippen molar-refractivity contribution < 1.29 is 9.53 Å². The van der Waals surface area contributed by atoms with Gasteiger partial charge in [-0.05, 0) is 69.9 Å². The molecule has 0 aliphatic carbocycles. The molecule has 2 fully saturated rings. The molecule has 3 atom stereocenters. The Morgan fingerprint density at radius 2 is 1.77 bits per heavy atom. The number of aromatic amines is 1. The molecule has 0 saturated carbocycles. The van der Waals surface area contributed by atoms with E-state index in [-0.39, 0.29) is 5.91 Å². The minimum absolute atomic E-state index is 0.0519. The Labute approximate surface area is 206 Å². The number of H-pyrrole nitrogens is 1. The Kier molecular flexibility index (Phi) is 5.72. The van der Waals surface area contributed by atoms with E-state index in [1.54, 1.807) is 0 Å². The first-order valence-corrected chi connectivity index (χ1v) is 12.9. The zero-order valence-electron chi connectivity index (χ0n) is 20.5. The smallest absolute Gasteiger partial charge is 0.253 e. The van der Waals surface area contributed by atoms with E-state index in [2.05, 4.69) is 38.0 Å². The molecule has 4 heterocycles. The first-order valence-electron chi connectivity index (χ1n) is 12.9. The van der Waals surface area contributed by atoms with E-state index in [0.717, 1.165) is 48.1 Å². The third kappa shape index (κ3) is 3.88. The SMILES string of the molecule is CCN(CC)C(=O)c1ccc2c(c1)Oc1ccccc1N2[C@H]1C[C@H]2CC[C@@H](C1)N2Cc1ncc[nH]1. The third-order valence-corrected chi connectivity index (χ3v) is 7.97. The second-order valence-corrected chi connectivity index (χ2v) is 9.82. The molecule has 35 heavy (non-hydrogen) atoms. The molecule has 0 spiro atoms. The Hall–Kier alpha value is -3.32. The summed E-state index contributed by atoms with van der Waals surface area (Å²) in [5.74, 6) is 2.73. The van der Waals surface area contributed by atoms with Gasteiger partial charge >= 0.3 is 0 Å². The number of rotatable bonds is 6. The van der Waals surface area contributed by atoms with Crippen LogP contribution in [-0.2, 0) is 6.54 Å². The number of nitrogens with zero attached hydrogens (tertiary/aromatic N) is 4. The zero-order valence-corrected chi connectivity index (χ0v) is 20.5. The van der Waals surface area contributed by atoms with Gasteiger partial charge in [-0.2, -0.15) is 0 Å². The van der Waals surface area contributed by atoms with Crippen LogP contribution in [0.4, 0.5) is 11.4 Å². The molecule has 1 aromatic heterocycles. The highest BCUT2D eigenvalue weighted by Gasteiger charge is 2.44. The summed E-state index contributed by atoms with van der Waals surface area (Å²) in [6.07, 6.45) is 8.42. The van der Waals surface area contributed by atoms with Gasteiger partial charge in [0.25, 0.3) is 5.91 Å². The fourth-order valence-electron chi connectivity index (χ4n) is 6.28. The molecule has 3 aromatic rings. The quantitative estimate of drug-likeness (QED) is 0.526. The summed E-state index contributed by atoms with van der Waals surface area (Å²) in [6, 6.07) is 15.7. The van der Waals surface area contributed by atoms with Crippen LogP contribution in [0.2, 0.25) is 0 Å². The van der Waals surface area contributed by atoms with Crippen LogP contribution >= 0.6 is 0 Å². The van der Waals surface area contributed by atoms with Gasteiger partial charge in [0.15, 0.2) is 11.5 Å². The predicted molar refractivity (Wildman–Crippen MR) is 136 cm³/mol. The molecule has 6 rings (SSSR count). The van der Waals surface area contributed by atoms with E-state index in [9.17, 15) is 4.79 Å². The predicted octanol–water partition coefficient (Wildman–Crippen LogP) is 5.33. The summed E-state index contributed by atoms with van der Waals surface area (Å²) >= 11 is 0. The van der Waals surface area contributed by atoms with Crippen molar-refractivity contribution in [3.8, 4) is 11.5 Å². The fraction of sp³-hybridized carbons (Fsp3) is 0.429. The Bertz CT molecular complexity index is 1190. The number of anilines is 2. The van der Waals surface area contributed by atoms with Gasteiger partial charge in [0, 0.05) is 49.2 Å². The standard InChI is InChI=1S/C28H33N5O2/c1-3-31(4-2)28(34)19-9-12-24-26(15-19)35-25-8-6-5-7-23(25)33(24)22-16-20-10-11-21(17-22)32(20)18-27-29-13-14-30-27/h5-9,12-15,20-22H,3-4,10-11,16-18H2,1-2H3,(H,29,30)/t20-,21+,22+. The minimum atomic E-state index is 0.0519. The fourth-order valence-corrected chi connectivity index (χ4v) is 6.28. The number of aromatic nitrogens is 2. The number of para-hydroxylation sites is 2. The van der Waals surface area contributed by atoms with Crippen LogP contribution < -0.4 is 9.64 Å². The van der Waals surface area contributed by atoms with Crippen LogP contribution in [0, 0.1) is 0 Å². The molecule has 2 aromatic carbocycles. The highest BCUT2D eigenvalue weighted by atomic mass is 16.5. The van der Waals surface area contributed by atoms with Crippen molar-refractivity contribution in [2.45, 2.75) is 64.2 Å². The topological polar surface area (TPSA) is 64.7 Å². The second-order valence-electron chi connectivity index (χ2n) is 9.82. The molecule has 2 saturated heterocycles. The number of piperidine rings is 1. The van der Waals surface area contributed by atoms with Crippen LogP contribution in [-0.4, -0.2) is 56.9 Å². The third-order valence-electron chi connectivity index (χ3n) is 7.97. The molecule has 7 heteroatoms. The number of ether oxygens (including phenoxy) is 1. The maximum absolute atomic E-state index is 13.0. The van der Waals surface area contributed by atoms with Crippen molar-refractivity contribution in [1.29, 1.82) is 0 Å². The molecule has 7 nitrogen and oxygen atoms in total. The minimum Gasteiger partial charge on any atom is -0.453 e. The number of imidazole rings is 1. The summed E-state index contributed by atoms with van der Waals surface area (Å²) in [5.41, 5.74) is 2.86. The lowest BCUT2D eigenvalue weighted by Crippen LogP contribution is -2.49. The van der Waals surface area contributed by atoms with E-state index in [4.69, 9.17) is 4.74 Å². The Balaban J connectivity index is 1.32. The van der Waals surface area contributed by atoms with Crippen LogP contribution in [0.15, 0.2) is 54.9 Å². The summed E-state index contributed by atoms with van der Waals surface area (Å²) in [4.78, 5) is 27.7. The van der Waals surface area contributed by atoms with Crippen molar-refractivity contribution >= 4 is 17.3 Å². The first-order chi connectivity index (χ1) is 17.2. The lowest BCUT2D eigenvalue weighted by molar-refractivity contribution is 0.0772. The maximum atomic E-state index is 13.0. The van der Waals surface area contributed by atoms with Crippen LogP contribution in [0.5, 0.6) is 11.5 Å².